The molecule has 2 aliphatic rings. The average molecular weight is 327 g/mol. The Labute approximate surface area is 148 Å². The monoisotopic (exact) mass is 327 g/mol. The number of hydrogen-bond acceptors (Lipinski definition) is 2. The third kappa shape index (κ3) is 2.18. The van der Waals surface area contributed by atoms with Crippen molar-refractivity contribution in [2.75, 3.05) is 0 Å². The molecule has 3 aromatic carbocycles. The third-order valence-corrected chi connectivity index (χ3v) is 5.75. The molecule has 0 aromatic heterocycles. The molecule has 0 saturated carbocycles. The highest BCUT2D eigenvalue weighted by Crippen LogP contribution is 2.47. The van der Waals surface area contributed by atoms with Crippen molar-refractivity contribution in [2.24, 2.45) is 0 Å². The van der Waals surface area contributed by atoms with Gasteiger partial charge in [0.15, 0.2) is 5.72 Å². The van der Waals surface area contributed by atoms with E-state index in [2.05, 4.69) is 65.6 Å². The Bertz CT molecular complexity index is 869. The molecule has 0 fully saturated rings. The van der Waals surface area contributed by atoms with Gasteiger partial charge in [0.1, 0.15) is 0 Å². The molecule has 2 heteroatoms. The molecular formula is C23H21NO. The smallest absolute Gasteiger partial charge is 0.172 e. The van der Waals surface area contributed by atoms with Crippen molar-refractivity contribution in [1.29, 1.82) is 0 Å². The summed E-state index contributed by atoms with van der Waals surface area (Å²) in [6.45, 7) is 0.755. The Morgan fingerprint density at radius 3 is 1.88 bits per heavy atom. The van der Waals surface area contributed by atoms with E-state index in [0.717, 1.165) is 30.5 Å². The van der Waals surface area contributed by atoms with Gasteiger partial charge >= 0.3 is 0 Å². The van der Waals surface area contributed by atoms with Crippen LogP contribution in [-0.4, -0.2) is 16.0 Å². The molecule has 2 heterocycles. The van der Waals surface area contributed by atoms with Crippen LogP contribution in [-0.2, 0) is 25.1 Å². The minimum Gasteiger partial charge on any atom is -0.367 e. The van der Waals surface area contributed by atoms with Crippen LogP contribution in [0.15, 0.2) is 78.9 Å². The van der Waals surface area contributed by atoms with E-state index >= 15 is 0 Å². The molecule has 2 bridgehead atoms. The number of aliphatic hydroxyl groups is 1. The highest BCUT2D eigenvalue weighted by atomic mass is 16.3. The zero-order valence-electron chi connectivity index (χ0n) is 14.1. The van der Waals surface area contributed by atoms with Gasteiger partial charge < -0.3 is 5.11 Å². The topological polar surface area (TPSA) is 23.5 Å². The van der Waals surface area contributed by atoms with Crippen molar-refractivity contribution in [2.45, 2.75) is 31.2 Å². The summed E-state index contributed by atoms with van der Waals surface area (Å²) in [5, 5.41) is 12.1. The average Bonchev–Trinajstić information content (AvgIpc) is 2.65. The highest BCUT2D eigenvalue weighted by molar-refractivity contribution is 5.49. The van der Waals surface area contributed by atoms with Gasteiger partial charge in [-0.1, -0.05) is 78.9 Å². The summed E-state index contributed by atoms with van der Waals surface area (Å²) >= 11 is 0. The van der Waals surface area contributed by atoms with E-state index < -0.39 is 5.72 Å². The van der Waals surface area contributed by atoms with Crippen LogP contribution >= 0.6 is 0 Å². The summed E-state index contributed by atoms with van der Waals surface area (Å²) in [5.74, 6) is 0. The van der Waals surface area contributed by atoms with Crippen LogP contribution < -0.4 is 0 Å². The normalized spacial score (nSPS) is 24.4. The molecule has 1 N–H and O–H groups in total. The Balaban J connectivity index is 1.71. The van der Waals surface area contributed by atoms with E-state index in [4.69, 9.17) is 0 Å². The fourth-order valence-corrected chi connectivity index (χ4v) is 4.62. The quantitative estimate of drug-likeness (QED) is 0.772. The first-order valence-corrected chi connectivity index (χ1v) is 8.96. The van der Waals surface area contributed by atoms with Gasteiger partial charge in [0, 0.05) is 23.7 Å². The van der Waals surface area contributed by atoms with E-state index in [1.54, 1.807) is 0 Å². The Morgan fingerprint density at radius 2 is 1.28 bits per heavy atom. The molecule has 5 rings (SSSR count). The van der Waals surface area contributed by atoms with Crippen molar-refractivity contribution in [3.8, 4) is 0 Å². The minimum absolute atomic E-state index is 0.315. The lowest BCUT2D eigenvalue weighted by molar-refractivity contribution is -0.128. The first-order valence-electron chi connectivity index (χ1n) is 8.96. The van der Waals surface area contributed by atoms with Gasteiger partial charge in [0.25, 0.3) is 0 Å². The van der Waals surface area contributed by atoms with E-state index in [-0.39, 0.29) is 0 Å². The molecule has 0 aliphatic carbocycles. The lowest BCUT2D eigenvalue weighted by Gasteiger charge is -2.53. The van der Waals surface area contributed by atoms with Crippen LogP contribution in [0.2, 0.25) is 0 Å². The van der Waals surface area contributed by atoms with E-state index in [0.29, 0.717) is 6.04 Å². The van der Waals surface area contributed by atoms with Gasteiger partial charge in [0.05, 0.1) is 0 Å². The maximum Gasteiger partial charge on any atom is 0.172 e. The van der Waals surface area contributed by atoms with Crippen LogP contribution in [0.3, 0.4) is 0 Å². The van der Waals surface area contributed by atoms with Crippen LogP contribution in [0.25, 0.3) is 0 Å². The molecule has 0 radical (unpaired) electrons. The van der Waals surface area contributed by atoms with Crippen molar-refractivity contribution >= 4 is 0 Å². The second-order valence-corrected chi connectivity index (χ2v) is 7.16. The summed E-state index contributed by atoms with van der Waals surface area (Å²) in [6, 6.07) is 27.5. The second kappa shape index (κ2) is 5.55. The van der Waals surface area contributed by atoms with Gasteiger partial charge in [-0.15, -0.1) is 0 Å². The number of fused-ring (bicyclic) bond motifs is 6. The first-order chi connectivity index (χ1) is 12.3. The van der Waals surface area contributed by atoms with Crippen LogP contribution in [0.5, 0.6) is 0 Å². The van der Waals surface area contributed by atoms with Crippen molar-refractivity contribution in [1.82, 2.24) is 4.90 Å². The molecule has 0 atom stereocenters. The summed E-state index contributed by atoms with van der Waals surface area (Å²) in [5.41, 5.74) is 4.81. The SMILES string of the molecule is OC12c3ccccc3CC(Cc3ccccc31)N2Cc1ccccc1. The largest absolute Gasteiger partial charge is 0.367 e. The lowest BCUT2D eigenvalue weighted by Crippen LogP contribution is -2.59. The minimum atomic E-state index is -1.05. The van der Waals surface area contributed by atoms with Gasteiger partial charge in [0.2, 0.25) is 0 Å². The summed E-state index contributed by atoms with van der Waals surface area (Å²) in [6.07, 6.45) is 1.97. The molecule has 2 nitrogen and oxygen atoms in total. The molecule has 0 amide bonds. The highest BCUT2D eigenvalue weighted by Gasteiger charge is 2.50. The van der Waals surface area contributed by atoms with Crippen molar-refractivity contribution < 1.29 is 5.11 Å². The van der Waals surface area contributed by atoms with E-state index in [1.807, 2.05) is 18.2 Å². The molecule has 25 heavy (non-hydrogen) atoms. The summed E-state index contributed by atoms with van der Waals surface area (Å²) in [4.78, 5) is 2.30. The van der Waals surface area contributed by atoms with Crippen LogP contribution in [0.4, 0.5) is 0 Å². The predicted molar refractivity (Wildman–Crippen MR) is 99.1 cm³/mol. The van der Waals surface area contributed by atoms with E-state index in [1.165, 1.54) is 16.7 Å². The van der Waals surface area contributed by atoms with Crippen molar-refractivity contribution in [3.63, 3.8) is 0 Å². The number of rotatable bonds is 2. The van der Waals surface area contributed by atoms with Gasteiger partial charge in [-0.2, -0.15) is 0 Å². The Morgan fingerprint density at radius 1 is 0.760 bits per heavy atom. The maximum atomic E-state index is 12.1. The van der Waals surface area contributed by atoms with Gasteiger partial charge in [-0.3, -0.25) is 4.90 Å². The van der Waals surface area contributed by atoms with Gasteiger partial charge in [-0.25, -0.2) is 0 Å². The fraction of sp³-hybridized carbons (Fsp3) is 0.217. The fourth-order valence-electron chi connectivity index (χ4n) is 4.62. The van der Waals surface area contributed by atoms with Crippen LogP contribution in [0.1, 0.15) is 27.8 Å². The maximum absolute atomic E-state index is 12.1. The summed E-state index contributed by atoms with van der Waals surface area (Å²) < 4.78 is 0. The summed E-state index contributed by atoms with van der Waals surface area (Å²) in [7, 11) is 0. The van der Waals surface area contributed by atoms with Crippen molar-refractivity contribution in [3.05, 3.63) is 107 Å². The third-order valence-electron chi connectivity index (χ3n) is 5.75. The Hall–Kier alpha value is -2.42. The molecule has 124 valence electrons. The molecule has 3 aromatic rings. The zero-order chi connectivity index (χ0) is 16.9. The zero-order valence-corrected chi connectivity index (χ0v) is 14.1. The molecule has 2 aliphatic heterocycles. The molecule has 0 unspecified atom stereocenters. The number of hydrogen-bond donors (Lipinski definition) is 1. The second-order valence-electron chi connectivity index (χ2n) is 7.16. The molecule has 0 spiro atoms. The molecule has 0 saturated heterocycles. The standard InChI is InChI=1S/C23H21NO/c25-23-21-12-6-4-10-18(21)14-20(15-19-11-5-7-13-22(19)23)24(23)16-17-8-2-1-3-9-17/h1-13,20,25H,14-16H2. The number of benzene rings is 3. The lowest BCUT2D eigenvalue weighted by atomic mass is 9.74. The predicted octanol–water partition coefficient (Wildman–Crippen LogP) is 3.86. The molecular weight excluding hydrogens is 306 g/mol. The van der Waals surface area contributed by atoms with Crippen LogP contribution in [0, 0.1) is 0 Å². The Kier molecular flexibility index (Phi) is 3.30. The van der Waals surface area contributed by atoms with Gasteiger partial charge in [-0.05, 0) is 29.5 Å². The first kappa shape index (κ1) is 14.9. The van der Waals surface area contributed by atoms with E-state index in [9.17, 15) is 5.11 Å². The number of nitrogens with zero attached hydrogens (tertiary/aromatic N) is 1.